The molecule has 1 saturated heterocycles. The number of carbonyl (C=O) groups is 1. The van der Waals surface area contributed by atoms with Gasteiger partial charge in [-0.2, -0.15) is 13.2 Å². The number of rotatable bonds is 3. The minimum atomic E-state index is -4.50. The number of carbonyl (C=O) groups excluding carboxylic acids is 1. The van der Waals surface area contributed by atoms with Gasteiger partial charge in [0.1, 0.15) is 11.6 Å². The molecule has 1 aromatic carbocycles. The summed E-state index contributed by atoms with van der Waals surface area (Å²) in [6, 6.07) is 6.41. The Hall–Kier alpha value is -2.35. The normalized spacial score (nSPS) is 15.7. The van der Waals surface area contributed by atoms with Crippen LogP contribution in [0.4, 0.5) is 23.4 Å². The van der Waals surface area contributed by atoms with Gasteiger partial charge in [0.2, 0.25) is 0 Å². The molecule has 2 aromatic rings. The molecule has 1 aromatic heterocycles. The highest BCUT2D eigenvalue weighted by atomic mass is 35.5. The number of hydrogen-bond donors (Lipinski definition) is 1. The van der Waals surface area contributed by atoms with E-state index in [0.29, 0.717) is 25.9 Å². The van der Waals surface area contributed by atoms with Crippen molar-refractivity contribution in [3.05, 3.63) is 58.5 Å². The van der Waals surface area contributed by atoms with Gasteiger partial charge in [-0.1, -0.05) is 23.7 Å². The Morgan fingerprint density at radius 1 is 1.22 bits per heavy atom. The van der Waals surface area contributed by atoms with Crippen LogP contribution in [0.25, 0.3) is 0 Å². The van der Waals surface area contributed by atoms with E-state index in [4.69, 9.17) is 11.6 Å². The van der Waals surface area contributed by atoms with Crippen molar-refractivity contribution in [2.75, 3.05) is 18.0 Å². The Morgan fingerprint density at radius 2 is 1.89 bits per heavy atom. The molecule has 0 saturated carbocycles. The fraction of sp³-hybridized carbons (Fsp3) is 0.333. The van der Waals surface area contributed by atoms with Gasteiger partial charge in [0.25, 0.3) is 5.91 Å². The van der Waals surface area contributed by atoms with Gasteiger partial charge in [-0.15, -0.1) is 0 Å². The highest BCUT2D eigenvalue weighted by Gasteiger charge is 2.32. The molecule has 1 N–H and O–H groups in total. The first kappa shape index (κ1) is 19.4. The average molecular weight is 402 g/mol. The maximum atomic E-state index is 13.7. The summed E-state index contributed by atoms with van der Waals surface area (Å²) in [4.78, 5) is 17.8. The number of aromatic nitrogens is 1. The Kier molecular flexibility index (Phi) is 5.55. The minimum absolute atomic E-state index is 0.0209. The molecule has 0 radical (unpaired) electrons. The summed E-state index contributed by atoms with van der Waals surface area (Å²) >= 11 is 5.97. The molecule has 1 fully saturated rings. The van der Waals surface area contributed by atoms with E-state index in [1.54, 1.807) is 11.0 Å². The molecule has 0 aliphatic carbocycles. The quantitative estimate of drug-likeness (QED) is 0.780. The van der Waals surface area contributed by atoms with Crippen LogP contribution >= 0.6 is 11.6 Å². The topological polar surface area (TPSA) is 45.2 Å². The van der Waals surface area contributed by atoms with E-state index in [0.717, 1.165) is 12.3 Å². The number of alkyl halides is 3. The molecule has 0 unspecified atom stereocenters. The maximum absolute atomic E-state index is 13.7. The van der Waals surface area contributed by atoms with E-state index >= 15 is 0 Å². The number of pyridine rings is 1. The van der Waals surface area contributed by atoms with E-state index in [-0.39, 0.29) is 22.4 Å². The fourth-order valence-electron chi connectivity index (χ4n) is 2.96. The van der Waals surface area contributed by atoms with Crippen molar-refractivity contribution in [3.63, 3.8) is 0 Å². The fourth-order valence-corrected chi connectivity index (χ4v) is 3.25. The number of anilines is 1. The number of amides is 1. The first-order chi connectivity index (χ1) is 12.8. The number of nitrogens with one attached hydrogen (secondary N) is 1. The smallest absolute Gasteiger partial charge is 0.355 e. The molecule has 0 spiro atoms. The van der Waals surface area contributed by atoms with Gasteiger partial charge in [0.05, 0.1) is 16.1 Å². The molecule has 0 bridgehead atoms. The summed E-state index contributed by atoms with van der Waals surface area (Å²) < 4.78 is 51.8. The summed E-state index contributed by atoms with van der Waals surface area (Å²) in [7, 11) is 0. The van der Waals surface area contributed by atoms with Crippen molar-refractivity contribution < 1.29 is 22.4 Å². The third-order valence-electron chi connectivity index (χ3n) is 4.40. The van der Waals surface area contributed by atoms with E-state index in [9.17, 15) is 22.4 Å². The Bertz CT molecular complexity index is 836. The van der Waals surface area contributed by atoms with Crippen molar-refractivity contribution in [1.29, 1.82) is 0 Å². The first-order valence-electron chi connectivity index (χ1n) is 8.29. The molecule has 0 atom stereocenters. The summed E-state index contributed by atoms with van der Waals surface area (Å²) in [6.45, 7) is 0.917. The van der Waals surface area contributed by atoms with E-state index in [2.05, 4.69) is 10.3 Å². The van der Waals surface area contributed by atoms with Crippen molar-refractivity contribution in [3.8, 4) is 0 Å². The Labute approximate surface area is 158 Å². The lowest BCUT2D eigenvalue weighted by atomic mass is 10.0. The van der Waals surface area contributed by atoms with Gasteiger partial charge in [-0.05, 0) is 31.0 Å². The maximum Gasteiger partial charge on any atom is 0.417 e. The molecule has 1 amide bonds. The minimum Gasteiger partial charge on any atom is -0.355 e. The van der Waals surface area contributed by atoms with Crippen LogP contribution in [0.1, 0.15) is 28.8 Å². The predicted octanol–water partition coefficient (Wildman–Crippen LogP) is 4.29. The molecule has 144 valence electrons. The molecule has 9 heteroatoms. The van der Waals surface area contributed by atoms with Crippen LogP contribution in [-0.4, -0.2) is 30.0 Å². The van der Waals surface area contributed by atoms with Gasteiger partial charge >= 0.3 is 6.18 Å². The zero-order valence-corrected chi connectivity index (χ0v) is 14.8. The third kappa shape index (κ3) is 4.50. The molecular formula is C18H16ClF4N3O. The number of nitrogens with zero attached hydrogens (tertiary/aromatic N) is 2. The second-order valence-corrected chi connectivity index (χ2v) is 6.65. The second-order valence-electron chi connectivity index (χ2n) is 6.24. The van der Waals surface area contributed by atoms with Crippen LogP contribution in [0.15, 0.2) is 36.5 Å². The lowest BCUT2D eigenvalue weighted by Crippen LogP contribution is -2.45. The molecule has 4 nitrogen and oxygen atoms in total. The average Bonchev–Trinajstić information content (AvgIpc) is 2.62. The Balaban J connectivity index is 1.61. The Morgan fingerprint density at radius 3 is 2.48 bits per heavy atom. The van der Waals surface area contributed by atoms with Gasteiger partial charge < -0.3 is 10.2 Å². The molecule has 1 aliphatic heterocycles. The molecular weight excluding hydrogens is 386 g/mol. The molecule has 27 heavy (non-hydrogen) atoms. The first-order valence-corrected chi connectivity index (χ1v) is 8.66. The highest BCUT2D eigenvalue weighted by Crippen LogP contribution is 2.34. The van der Waals surface area contributed by atoms with E-state index < -0.39 is 23.5 Å². The lowest BCUT2D eigenvalue weighted by Gasteiger charge is -2.33. The van der Waals surface area contributed by atoms with Crippen LogP contribution in [0.3, 0.4) is 0 Å². The van der Waals surface area contributed by atoms with E-state index in [1.807, 2.05) is 0 Å². The summed E-state index contributed by atoms with van der Waals surface area (Å²) in [5.74, 6) is -0.797. The lowest BCUT2D eigenvalue weighted by molar-refractivity contribution is -0.137. The molecule has 1 aliphatic rings. The van der Waals surface area contributed by atoms with E-state index in [1.165, 1.54) is 18.2 Å². The van der Waals surface area contributed by atoms with Crippen molar-refractivity contribution in [1.82, 2.24) is 10.3 Å². The van der Waals surface area contributed by atoms with Crippen LogP contribution in [0.2, 0.25) is 5.02 Å². The second kappa shape index (κ2) is 7.72. The third-order valence-corrected chi connectivity index (χ3v) is 4.68. The molecule has 2 heterocycles. The highest BCUT2D eigenvalue weighted by molar-refractivity contribution is 6.33. The van der Waals surface area contributed by atoms with Gasteiger partial charge in [-0.3, -0.25) is 4.79 Å². The largest absolute Gasteiger partial charge is 0.417 e. The number of piperidine rings is 1. The summed E-state index contributed by atoms with van der Waals surface area (Å²) in [6.07, 6.45) is -2.66. The van der Waals surface area contributed by atoms with Gasteiger partial charge in [0.15, 0.2) is 0 Å². The van der Waals surface area contributed by atoms with Gasteiger partial charge in [-0.25, -0.2) is 9.37 Å². The van der Waals surface area contributed by atoms with Crippen molar-refractivity contribution >= 4 is 23.3 Å². The van der Waals surface area contributed by atoms with Gasteiger partial charge in [0, 0.05) is 25.3 Å². The van der Waals surface area contributed by atoms with Crippen LogP contribution in [0, 0.1) is 5.82 Å². The number of benzene rings is 1. The predicted molar refractivity (Wildman–Crippen MR) is 93.4 cm³/mol. The summed E-state index contributed by atoms with van der Waals surface area (Å²) in [5, 5.41) is 2.71. The zero-order chi connectivity index (χ0) is 19.6. The van der Waals surface area contributed by atoms with Crippen LogP contribution in [0.5, 0.6) is 0 Å². The monoisotopic (exact) mass is 401 g/mol. The zero-order valence-electron chi connectivity index (χ0n) is 14.1. The van der Waals surface area contributed by atoms with Crippen LogP contribution in [-0.2, 0) is 6.18 Å². The standard InChI is InChI=1S/C18H16ClF4N3O/c19-14-9-11(18(21,22)23)10-24-16(14)26-7-5-12(6-8-26)25-17(27)13-3-1-2-4-15(13)20/h1-4,9-10,12H,5-8H2,(H,25,27). The number of halogens is 5. The number of hydrogen-bond acceptors (Lipinski definition) is 3. The SMILES string of the molecule is O=C(NC1CCN(c2ncc(C(F)(F)F)cc2Cl)CC1)c1ccccc1F. The van der Waals surface area contributed by atoms with Crippen molar-refractivity contribution in [2.24, 2.45) is 0 Å². The van der Waals surface area contributed by atoms with Crippen LogP contribution < -0.4 is 10.2 Å². The summed E-state index contributed by atoms with van der Waals surface area (Å²) in [5.41, 5.74) is -0.921. The molecule has 3 rings (SSSR count). The van der Waals surface area contributed by atoms with Crippen molar-refractivity contribution in [2.45, 2.75) is 25.1 Å².